The van der Waals surface area contributed by atoms with Crippen molar-refractivity contribution >= 4 is 21.7 Å². The van der Waals surface area contributed by atoms with Crippen LogP contribution in [-0.4, -0.2) is 5.16 Å². The first-order chi connectivity index (χ1) is 7.63. The molecule has 3 nitrogen and oxygen atoms in total. The molecule has 0 amide bonds. The molecule has 84 valence electrons. The molecule has 2 rings (SSSR count). The van der Waals surface area contributed by atoms with Gasteiger partial charge >= 0.3 is 0 Å². The van der Waals surface area contributed by atoms with Crippen molar-refractivity contribution in [3.63, 3.8) is 0 Å². The Hall–Kier alpha value is -1.36. The van der Waals surface area contributed by atoms with Gasteiger partial charge in [-0.2, -0.15) is 0 Å². The molecule has 1 aromatic heterocycles. The van der Waals surface area contributed by atoms with E-state index in [-0.39, 0.29) is 5.82 Å². The summed E-state index contributed by atoms with van der Waals surface area (Å²) in [6, 6.07) is 4.39. The van der Waals surface area contributed by atoms with E-state index in [4.69, 9.17) is 10.3 Å². The number of benzene rings is 1. The Balaban J connectivity index is 2.58. The van der Waals surface area contributed by atoms with E-state index in [1.54, 1.807) is 6.07 Å². The van der Waals surface area contributed by atoms with E-state index in [0.29, 0.717) is 22.5 Å². The Bertz CT molecular complexity index is 525. The van der Waals surface area contributed by atoms with Gasteiger partial charge in [0, 0.05) is 15.6 Å². The van der Waals surface area contributed by atoms with Crippen LogP contribution in [0, 0.1) is 5.82 Å². The smallest absolute Gasteiger partial charge is 0.173 e. The van der Waals surface area contributed by atoms with Gasteiger partial charge in [0.25, 0.3) is 0 Å². The number of rotatable bonds is 2. The molecule has 1 aromatic carbocycles. The monoisotopic (exact) mass is 284 g/mol. The van der Waals surface area contributed by atoms with Crippen LogP contribution in [0.5, 0.6) is 0 Å². The largest absolute Gasteiger partial charge is 0.381 e. The molecule has 0 bridgehead atoms. The van der Waals surface area contributed by atoms with Gasteiger partial charge in [-0.1, -0.05) is 12.1 Å². The van der Waals surface area contributed by atoms with Gasteiger partial charge in [-0.15, -0.1) is 0 Å². The lowest BCUT2D eigenvalue weighted by Gasteiger charge is -2.02. The molecule has 0 unspecified atom stereocenters. The van der Waals surface area contributed by atoms with Crippen LogP contribution in [0.1, 0.15) is 12.5 Å². The molecular formula is C11H10BrFN2O. The van der Waals surface area contributed by atoms with Gasteiger partial charge < -0.3 is 10.3 Å². The van der Waals surface area contributed by atoms with Crippen LogP contribution in [-0.2, 0) is 6.42 Å². The maximum atomic E-state index is 12.9. The van der Waals surface area contributed by atoms with Crippen molar-refractivity contribution in [1.29, 1.82) is 0 Å². The minimum Gasteiger partial charge on any atom is -0.381 e. The van der Waals surface area contributed by atoms with Crippen molar-refractivity contribution in [2.75, 3.05) is 5.73 Å². The second-order valence-electron chi connectivity index (χ2n) is 3.35. The molecule has 0 radical (unpaired) electrons. The van der Waals surface area contributed by atoms with E-state index in [2.05, 4.69) is 21.1 Å². The van der Waals surface area contributed by atoms with E-state index in [1.165, 1.54) is 12.1 Å². The molecule has 16 heavy (non-hydrogen) atoms. The fraction of sp³-hybridized carbons (Fsp3) is 0.182. The summed E-state index contributed by atoms with van der Waals surface area (Å²) in [6.07, 6.45) is 0.717. The Morgan fingerprint density at radius 1 is 1.50 bits per heavy atom. The predicted molar refractivity (Wildman–Crippen MR) is 63.4 cm³/mol. The second-order valence-corrected chi connectivity index (χ2v) is 4.21. The maximum absolute atomic E-state index is 12.9. The summed E-state index contributed by atoms with van der Waals surface area (Å²) in [5.74, 6) is 0.668. The zero-order valence-electron chi connectivity index (χ0n) is 8.63. The first kappa shape index (κ1) is 11.1. The molecule has 0 saturated carbocycles. The molecule has 0 atom stereocenters. The lowest BCUT2D eigenvalue weighted by molar-refractivity contribution is 0.435. The first-order valence-electron chi connectivity index (χ1n) is 4.83. The third kappa shape index (κ3) is 1.82. The molecule has 0 spiro atoms. The van der Waals surface area contributed by atoms with E-state index in [0.717, 1.165) is 11.1 Å². The molecule has 1 heterocycles. The highest BCUT2D eigenvalue weighted by Gasteiger charge is 2.16. The molecule has 2 N–H and O–H groups in total. The number of nitrogens with two attached hydrogens (primary N) is 1. The Morgan fingerprint density at radius 3 is 2.88 bits per heavy atom. The van der Waals surface area contributed by atoms with Crippen molar-refractivity contribution in [1.82, 2.24) is 5.16 Å². The van der Waals surface area contributed by atoms with Gasteiger partial charge in [0.1, 0.15) is 5.82 Å². The van der Waals surface area contributed by atoms with Crippen LogP contribution < -0.4 is 5.73 Å². The average molecular weight is 285 g/mol. The summed E-state index contributed by atoms with van der Waals surface area (Å²) in [4.78, 5) is 0. The number of halogens is 2. The lowest BCUT2D eigenvalue weighted by atomic mass is 10.1. The highest BCUT2D eigenvalue weighted by Crippen LogP contribution is 2.33. The predicted octanol–water partition coefficient (Wildman–Crippen LogP) is 3.39. The topological polar surface area (TPSA) is 52.0 Å². The molecule has 0 saturated heterocycles. The van der Waals surface area contributed by atoms with Crippen molar-refractivity contribution in [2.45, 2.75) is 13.3 Å². The van der Waals surface area contributed by atoms with E-state index in [9.17, 15) is 4.39 Å². The van der Waals surface area contributed by atoms with E-state index >= 15 is 0 Å². The molecule has 0 fully saturated rings. The number of nitrogens with zero attached hydrogens (tertiary/aromatic N) is 1. The van der Waals surface area contributed by atoms with Crippen molar-refractivity contribution in [3.05, 3.63) is 34.1 Å². The van der Waals surface area contributed by atoms with Crippen molar-refractivity contribution < 1.29 is 8.91 Å². The molecule has 5 heteroatoms. The molecule has 0 aliphatic heterocycles. The van der Waals surface area contributed by atoms with Crippen LogP contribution in [0.4, 0.5) is 10.2 Å². The van der Waals surface area contributed by atoms with Crippen molar-refractivity contribution in [3.8, 4) is 11.3 Å². The Morgan fingerprint density at radius 2 is 2.25 bits per heavy atom. The zero-order valence-corrected chi connectivity index (χ0v) is 10.2. The van der Waals surface area contributed by atoms with E-state index < -0.39 is 0 Å². The fourth-order valence-corrected chi connectivity index (χ4v) is 2.08. The highest BCUT2D eigenvalue weighted by atomic mass is 79.9. The SMILES string of the molecule is CCc1c(N)noc1-c1ccc(F)cc1Br. The average Bonchev–Trinajstić information content (AvgIpc) is 2.59. The summed E-state index contributed by atoms with van der Waals surface area (Å²) in [6.45, 7) is 1.96. The highest BCUT2D eigenvalue weighted by molar-refractivity contribution is 9.10. The number of hydrogen-bond acceptors (Lipinski definition) is 3. The van der Waals surface area contributed by atoms with Gasteiger partial charge in [0.2, 0.25) is 0 Å². The number of hydrogen-bond donors (Lipinski definition) is 1. The zero-order chi connectivity index (χ0) is 11.7. The minimum atomic E-state index is -0.304. The molecular weight excluding hydrogens is 275 g/mol. The van der Waals surface area contributed by atoms with Crippen molar-refractivity contribution in [2.24, 2.45) is 0 Å². The summed E-state index contributed by atoms with van der Waals surface area (Å²) >= 11 is 3.29. The van der Waals surface area contributed by atoms with Crippen LogP contribution in [0.3, 0.4) is 0 Å². The third-order valence-electron chi connectivity index (χ3n) is 2.35. The van der Waals surface area contributed by atoms with Crippen LogP contribution in [0.15, 0.2) is 27.2 Å². The van der Waals surface area contributed by atoms with Gasteiger partial charge in [-0.3, -0.25) is 0 Å². The van der Waals surface area contributed by atoms with Gasteiger partial charge in [-0.25, -0.2) is 4.39 Å². The quantitative estimate of drug-likeness (QED) is 0.920. The Kier molecular flexibility index (Phi) is 2.96. The second kappa shape index (κ2) is 4.25. The molecule has 2 aromatic rings. The summed E-state index contributed by atoms with van der Waals surface area (Å²) in [5.41, 5.74) is 7.27. The minimum absolute atomic E-state index is 0.304. The fourth-order valence-electron chi connectivity index (χ4n) is 1.55. The number of aromatic nitrogens is 1. The maximum Gasteiger partial charge on any atom is 0.173 e. The molecule has 0 aliphatic carbocycles. The first-order valence-corrected chi connectivity index (χ1v) is 5.62. The lowest BCUT2D eigenvalue weighted by Crippen LogP contribution is -1.91. The summed E-state index contributed by atoms with van der Waals surface area (Å²) in [7, 11) is 0. The van der Waals surface area contributed by atoms with Gasteiger partial charge in [0.05, 0.1) is 0 Å². The third-order valence-corrected chi connectivity index (χ3v) is 3.00. The number of nitrogen functional groups attached to an aromatic ring is 1. The van der Waals surface area contributed by atoms with Gasteiger partial charge in [-0.05, 0) is 40.5 Å². The summed E-state index contributed by atoms with van der Waals surface area (Å²) in [5, 5.41) is 3.72. The normalized spacial score (nSPS) is 10.7. The summed E-state index contributed by atoms with van der Waals surface area (Å²) < 4.78 is 18.7. The van der Waals surface area contributed by atoms with E-state index in [1.807, 2.05) is 6.92 Å². The van der Waals surface area contributed by atoms with Crippen LogP contribution >= 0.6 is 15.9 Å². The van der Waals surface area contributed by atoms with Gasteiger partial charge in [0.15, 0.2) is 11.6 Å². The van der Waals surface area contributed by atoms with Crippen LogP contribution in [0.2, 0.25) is 0 Å². The van der Waals surface area contributed by atoms with Crippen LogP contribution in [0.25, 0.3) is 11.3 Å². The molecule has 0 aliphatic rings. The standard InChI is InChI=1S/C11H10BrFN2O/c1-2-7-10(16-15-11(7)14)8-4-3-6(13)5-9(8)12/h3-5H,2H2,1H3,(H2,14,15). The Labute approximate surface area is 101 Å². The number of anilines is 1.